The highest BCUT2D eigenvalue weighted by Crippen LogP contribution is 2.34. The number of halogens is 1. The molecule has 0 radical (unpaired) electrons. The Balaban J connectivity index is 1.58. The van der Waals surface area contributed by atoms with Crippen molar-refractivity contribution in [3.63, 3.8) is 0 Å². The number of hydrogen-bond donors (Lipinski definition) is 2. The number of carbonyl (C=O) groups excluding carboxylic acids is 6. The zero-order chi connectivity index (χ0) is 41.3. The molecule has 15 nitrogen and oxygen atoms in total. The van der Waals surface area contributed by atoms with Crippen molar-refractivity contribution in [1.29, 1.82) is 0 Å². The molecule has 296 valence electrons. The van der Waals surface area contributed by atoms with Gasteiger partial charge in [0.2, 0.25) is 5.78 Å². The van der Waals surface area contributed by atoms with E-state index in [1.807, 2.05) is 4.72 Å². The smallest absolute Gasteiger partial charge is 0.434 e. The molecule has 3 N–H and O–H groups in total. The van der Waals surface area contributed by atoms with Gasteiger partial charge in [0.25, 0.3) is 27.7 Å². The lowest BCUT2D eigenvalue weighted by Crippen LogP contribution is -2.70. The molecule has 3 unspecified atom stereocenters. The number of quaternary nitrogens is 1. The summed E-state index contributed by atoms with van der Waals surface area (Å²) in [6.07, 6.45) is 0.920. The monoisotopic (exact) mass is 808 g/mol. The molecule has 4 atom stereocenters. The highest BCUT2D eigenvalue weighted by atomic mass is 35.5. The van der Waals surface area contributed by atoms with E-state index in [-0.39, 0.29) is 45.1 Å². The molecule has 1 aromatic heterocycles. The van der Waals surface area contributed by atoms with Crippen LogP contribution in [0.3, 0.4) is 0 Å². The molecule has 0 aliphatic carbocycles. The van der Waals surface area contributed by atoms with Crippen LogP contribution in [-0.2, 0) is 19.6 Å². The first kappa shape index (κ1) is 41.9. The van der Waals surface area contributed by atoms with Crippen LogP contribution in [0.5, 0.6) is 0 Å². The van der Waals surface area contributed by atoms with E-state index in [2.05, 4.69) is 4.98 Å². The van der Waals surface area contributed by atoms with Crippen molar-refractivity contribution in [3.8, 4) is 0 Å². The summed E-state index contributed by atoms with van der Waals surface area (Å²) in [5, 5.41) is 0.298. The fraction of sp³-hybridized carbons (Fsp3) is 0.359. The molecular weight excluding hydrogens is 766 g/mol. The van der Waals surface area contributed by atoms with Crippen molar-refractivity contribution in [3.05, 3.63) is 94.3 Å². The van der Waals surface area contributed by atoms with Gasteiger partial charge in [-0.1, -0.05) is 39.3 Å². The van der Waals surface area contributed by atoms with E-state index in [1.54, 1.807) is 34.6 Å². The van der Waals surface area contributed by atoms with E-state index in [0.29, 0.717) is 17.9 Å². The number of esters is 1. The number of urea groups is 1. The number of Topliss-reactive ketones (excluding diaryl/α,β-unsaturated/α-hetero) is 1. The number of hydrogen-bond acceptors (Lipinski definition) is 12. The summed E-state index contributed by atoms with van der Waals surface area (Å²) in [6.45, 7) is 8.46. The lowest BCUT2D eigenvalue weighted by molar-refractivity contribution is -0.788. The number of carbonyl (C=O) groups is 6. The fourth-order valence-electron chi connectivity index (χ4n) is 6.74. The van der Waals surface area contributed by atoms with Crippen LogP contribution in [0.4, 0.5) is 4.79 Å². The van der Waals surface area contributed by atoms with Gasteiger partial charge in [-0.05, 0) is 85.5 Å². The second-order valence-electron chi connectivity index (χ2n) is 14.4. The third-order valence-corrected chi connectivity index (χ3v) is 11.6. The molecule has 5 amide bonds. The Morgan fingerprint density at radius 1 is 0.929 bits per heavy atom. The summed E-state index contributed by atoms with van der Waals surface area (Å²) in [7, 11) is -3.08. The Labute approximate surface area is 328 Å². The standard InChI is InChI=1S/C39H42ClN5O10S/c1-21(2)31(41)37(49)45(19-7-8-23(45)5)39(51)44(32(22(3)4)33(46)35-42-29-20-26(38(50)54-6)13-18-30(29)55-35)36(48)25-11-9-24(10-12-25)34(47)43-56(52,53)28-16-14-27(40)15-17-28/h9-18,20-23,31-32H,7-8,19,41H2,1-6H3/p+1/t23?,31?,32?,45-/m0/s1. The molecule has 0 saturated carbocycles. The number of likely N-dealkylation sites (tertiary alicyclic amines) is 1. The number of ether oxygens (including phenoxy) is 1. The molecule has 0 spiro atoms. The van der Waals surface area contributed by atoms with Crippen molar-refractivity contribution in [2.75, 3.05) is 13.7 Å². The largest absolute Gasteiger partial charge is 0.465 e. The summed E-state index contributed by atoms with van der Waals surface area (Å²) in [5.41, 5.74) is 6.53. The Kier molecular flexibility index (Phi) is 12.3. The molecule has 1 fully saturated rings. The van der Waals surface area contributed by atoms with E-state index < -0.39 is 79.9 Å². The maximum Gasteiger partial charge on any atom is 0.434 e. The minimum Gasteiger partial charge on any atom is -0.465 e. The Morgan fingerprint density at radius 2 is 1.54 bits per heavy atom. The van der Waals surface area contributed by atoms with Gasteiger partial charge in [0.1, 0.15) is 23.6 Å². The number of nitrogens with zero attached hydrogens (tertiary/aromatic N) is 3. The number of amides is 5. The number of imide groups is 2. The number of oxazole rings is 1. The number of methoxy groups -OCH3 is 1. The van der Waals surface area contributed by atoms with Crippen LogP contribution in [0.15, 0.2) is 76.0 Å². The highest BCUT2D eigenvalue weighted by Gasteiger charge is 2.59. The highest BCUT2D eigenvalue weighted by molar-refractivity contribution is 7.90. The van der Waals surface area contributed by atoms with Gasteiger partial charge in [0.15, 0.2) is 5.58 Å². The summed E-state index contributed by atoms with van der Waals surface area (Å²) < 4.78 is 37.4. The van der Waals surface area contributed by atoms with Gasteiger partial charge in [0, 0.05) is 29.0 Å². The quantitative estimate of drug-likeness (QED) is 0.111. The average molecular weight is 809 g/mol. The molecule has 17 heteroatoms. The molecule has 1 aliphatic heterocycles. The zero-order valence-corrected chi connectivity index (χ0v) is 33.2. The summed E-state index contributed by atoms with van der Waals surface area (Å²) in [5.74, 6) is -5.65. The number of nitrogens with two attached hydrogens (primary N) is 1. The SMILES string of the molecule is COC(=O)c1ccc2oc(C(=O)C(C(C)C)N(C(=O)c3ccc(C(=O)NS(=O)(=O)c4ccc(Cl)cc4)cc3)C(=O)[N@@+]3(C(=O)C(N)C(C)C)CCCC3C)nc2c1. The van der Waals surface area contributed by atoms with E-state index in [9.17, 15) is 32.4 Å². The number of aromatic nitrogens is 1. The third kappa shape index (κ3) is 8.00. The van der Waals surface area contributed by atoms with Crippen LogP contribution >= 0.6 is 11.6 Å². The molecule has 3 aromatic carbocycles. The molecule has 1 aliphatic rings. The summed E-state index contributed by atoms with van der Waals surface area (Å²) >= 11 is 5.86. The van der Waals surface area contributed by atoms with Crippen molar-refractivity contribution < 1.29 is 50.8 Å². The van der Waals surface area contributed by atoms with Crippen LogP contribution in [-0.4, -0.2) is 90.1 Å². The fourth-order valence-corrected chi connectivity index (χ4v) is 7.84. The second kappa shape index (κ2) is 16.4. The van der Waals surface area contributed by atoms with Crippen molar-refractivity contribution in [2.45, 2.75) is 70.5 Å². The lowest BCUT2D eigenvalue weighted by Gasteiger charge is -2.40. The molecular formula is C39H43ClN5O10S+. The van der Waals surface area contributed by atoms with Gasteiger partial charge >= 0.3 is 17.9 Å². The van der Waals surface area contributed by atoms with Gasteiger partial charge in [-0.3, -0.25) is 14.4 Å². The number of sulfonamides is 1. The van der Waals surface area contributed by atoms with Crippen LogP contribution in [0.1, 0.15) is 89.2 Å². The van der Waals surface area contributed by atoms with Gasteiger partial charge in [0.05, 0.1) is 24.1 Å². The van der Waals surface area contributed by atoms with Crippen LogP contribution in [0.25, 0.3) is 11.1 Å². The number of benzene rings is 3. The van der Waals surface area contributed by atoms with Crippen LogP contribution in [0.2, 0.25) is 5.02 Å². The van der Waals surface area contributed by atoms with Crippen molar-refractivity contribution >= 4 is 68.2 Å². The predicted octanol–water partition coefficient (Wildman–Crippen LogP) is 5.37. The van der Waals surface area contributed by atoms with Gasteiger partial charge in [-0.15, -0.1) is 0 Å². The first-order valence-electron chi connectivity index (χ1n) is 17.9. The Hall–Kier alpha value is -5.29. The molecule has 0 bridgehead atoms. The van der Waals surface area contributed by atoms with Crippen molar-refractivity contribution in [2.24, 2.45) is 17.6 Å². The van der Waals surface area contributed by atoms with E-state index in [4.69, 9.17) is 26.5 Å². The maximum absolute atomic E-state index is 15.2. The molecule has 5 rings (SSSR count). The Bertz CT molecular complexity index is 2310. The van der Waals surface area contributed by atoms with E-state index in [1.165, 1.54) is 73.8 Å². The summed E-state index contributed by atoms with van der Waals surface area (Å²) in [4.78, 5) is 88.8. The van der Waals surface area contributed by atoms with Crippen LogP contribution < -0.4 is 10.5 Å². The number of nitrogens with one attached hydrogen (secondary N) is 1. The molecule has 4 aromatic rings. The maximum atomic E-state index is 15.2. The minimum absolute atomic E-state index is 0.0302. The predicted molar refractivity (Wildman–Crippen MR) is 204 cm³/mol. The number of fused-ring (bicyclic) bond motifs is 1. The minimum atomic E-state index is -4.29. The number of ketones is 1. The Morgan fingerprint density at radius 3 is 2.09 bits per heavy atom. The van der Waals surface area contributed by atoms with Crippen LogP contribution in [0, 0.1) is 11.8 Å². The first-order valence-corrected chi connectivity index (χ1v) is 19.7. The van der Waals surface area contributed by atoms with Gasteiger partial charge in [-0.2, -0.15) is 4.48 Å². The molecule has 2 heterocycles. The van der Waals surface area contributed by atoms with Crippen molar-refractivity contribution in [1.82, 2.24) is 14.6 Å². The zero-order valence-electron chi connectivity index (χ0n) is 31.6. The second-order valence-corrected chi connectivity index (χ2v) is 16.5. The van der Waals surface area contributed by atoms with Gasteiger partial charge < -0.3 is 14.9 Å². The lowest BCUT2D eigenvalue weighted by atomic mass is 9.96. The van der Waals surface area contributed by atoms with Gasteiger partial charge in [-0.25, -0.2) is 37.4 Å². The number of rotatable bonds is 11. The molecule has 56 heavy (non-hydrogen) atoms. The van der Waals surface area contributed by atoms with E-state index in [0.717, 1.165) is 4.90 Å². The average Bonchev–Trinajstić information content (AvgIpc) is 3.78. The summed E-state index contributed by atoms with van der Waals surface area (Å²) in [6, 6.07) is 9.99. The normalized spacial score (nSPS) is 18.1. The topological polar surface area (TPSA) is 213 Å². The molecule has 1 saturated heterocycles. The van der Waals surface area contributed by atoms with E-state index >= 15 is 4.79 Å². The third-order valence-electron chi connectivity index (χ3n) is 9.99. The first-order chi connectivity index (χ1) is 26.3.